The summed E-state index contributed by atoms with van der Waals surface area (Å²) in [5.74, 6) is 1.31. The molecule has 2 N–H and O–H groups in total. The molecular formula is C14H17N5. The van der Waals surface area contributed by atoms with E-state index in [1.54, 1.807) is 6.20 Å². The van der Waals surface area contributed by atoms with Crippen LogP contribution in [0.5, 0.6) is 0 Å². The van der Waals surface area contributed by atoms with Crippen LogP contribution < -0.4 is 10.6 Å². The van der Waals surface area contributed by atoms with Gasteiger partial charge in [0.05, 0.1) is 6.20 Å². The number of aromatic nitrogens is 3. The summed E-state index contributed by atoms with van der Waals surface area (Å²) in [5.41, 5.74) is 3.53. The van der Waals surface area contributed by atoms with Crippen LogP contribution in [0.25, 0.3) is 0 Å². The van der Waals surface area contributed by atoms with Crippen LogP contribution in [0.2, 0.25) is 0 Å². The maximum Gasteiger partial charge on any atom is 0.244 e. The fourth-order valence-electron chi connectivity index (χ4n) is 1.86. The highest BCUT2D eigenvalue weighted by Crippen LogP contribution is 2.24. The summed E-state index contributed by atoms with van der Waals surface area (Å²) >= 11 is 0. The van der Waals surface area contributed by atoms with Gasteiger partial charge in [0.1, 0.15) is 0 Å². The molecule has 0 aliphatic heterocycles. The van der Waals surface area contributed by atoms with Gasteiger partial charge in [0.15, 0.2) is 5.82 Å². The lowest BCUT2D eigenvalue weighted by Crippen LogP contribution is -2.08. The topological polar surface area (TPSA) is 62.7 Å². The zero-order valence-corrected chi connectivity index (χ0v) is 11.1. The van der Waals surface area contributed by atoms with Crippen molar-refractivity contribution in [1.82, 2.24) is 15.2 Å². The largest absolute Gasteiger partial charge is 0.350 e. The molecule has 3 rings (SSSR count). The second-order valence-electron chi connectivity index (χ2n) is 4.96. The minimum atomic E-state index is 0.526. The van der Waals surface area contributed by atoms with Crippen LogP contribution in [-0.2, 0) is 0 Å². The average molecular weight is 255 g/mol. The van der Waals surface area contributed by atoms with Gasteiger partial charge >= 0.3 is 0 Å². The standard InChI is InChI=1S/C14H17N5/c1-9-4-3-5-12(10(9)2)17-13-8-15-19-14(18-13)16-11-6-7-11/h3-5,8,11H,6-7H2,1-2H3,(H2,16,17,18,19). The Hall–Kier alpha value is -2.17. The number of hydrogen-bond donors (Lipinski definition) is 2. The van der Waals surface area contributed by atoms with E-state index in [4.69, 9.17) is 0 Å². The van der Waals surface area contributed by atoms with Gasteiger partial charge in [-0.25, -0.2) is 0 Å². The zero-order chi connectivity index (χ0) is 13.2. The van der Waals surface area contributed by atoms with Crippen LogP contribution >= 0.6 is 0 Å². The van der Waals surface area contributed by atoms with Crippen molar-refractivity contribution in [3.8, 4) is 0 Å². The van der Waals surface area contributed by atoms with Gasteiger partial charge < -0.3 is 10.6 Å². The van der Waals surface area contributed by atoms with E-state index in [1.165, 1.54) is 24.0 Å². The van der Waals surface area contributed by atoms with Crippen molar-refractivity contribution in [2.75, 3.05) is 10.6 Å². The molecule has 1 aromatic carbocycles. The molecule has 98 valence electrons. The van der Waals surface area contributed by atoms with E-state index in [0.29, 0.717) is 17.8 Å². The molecule has 0 bridgehead atoms. The summed E-state index contributed by atoms with van der Waals surface area (Å²) in [6, 6.07) is 6.69. The lowest BCUT2D eigenvalue weighted by Gasteiger charge is -2.11. The Labute approximate surface area is 112 Å². The minimum absolute atomic E-state index is 0.526. The van der Waals surface area contributed by atoms with Crippen molar-refractivity contribution >= 4 is 17.5 Å². The molecule has 2 aromatic rings. The maximum absolute atomic E-state index is 4.42. The fraction of sp³-hybridized carbons (Fsp3) is 0.357. The van der Waals surface area contributed by atoms with Crippen molar-refractivity contribution in [3.63, 3.8) is 0 Å². The molecular weight excluding hydrogens is 238 g/mol. The average Bonchev–Trinajstić information content (AvgIpc) is 3.19. The summed E-state index contributed by atoms with van der Waals surface area (Å²) in [6.07, 6.45) is 4.02. The second-order valence-corrected chi connectivity index (χ2v) is 4.96. The van der Waals surface area contributed by atoms with Crippen molar-refractivity contribution in [1.29, 1.82) is 0 Å². The van der Waals surface area contributed by atoms with Crippen LogP contribution in [0.4, 0.5) is 17.5 Å². The molecule has 1 fully saturated rings. The molecule has 0 amide bonds. The first-order valence-corrected chi connectivity index (χ1v) is 6.52. The highest BCUT2D eigenvalue weighted by molar-refractivity contribution is 5.61. The van der Waals surface area contributed by atoms with Crippen LogP contribution in [0, 0.1) is 13.8 Å². The lowest BCUT2D eigenvalue weighted by atomic mass is 10.1. The smallest absolute Gasteiger partial charge is 0.244 e. The SMILES string of the molecule is Cc1cccc(Nc2cnnc(NC3CC3)n2)c1C. The number of benzene rings is 1. The van der Waals surface area contributed by atoms with Gasteiger partial charge in [-0.3, -0.25) is 0 Å². The first-order valence-electron chi connectivity index (χ1n) is 6.52. The molecule has 0 saturated heterocycles. The Morgan fingerprint density at radius 3 is 2.84 bits per heavy atom. The predicted octanol–water partition coefficient (Wildman–Crippen LogP) is 2.81. The Morgan fingerprint density at radius 1 is 1.21 bits per heavy atom. The van der Waals surface area contributed by atoms with Crippen LogP contribution in [0.3, 0.4) is 0 Å². The van der Waals surface area contributed by atoms with Crippen LogP contribution in [0.1, 0.15) is 24.0 Å². The molecule has 0 atom stereocenters. The molecule has 0 spiro atoms. The number of rotatable bonds is 4. The van der Waals surface area contributed by atoms with E-state index in [1.807, 2.05) is 12.1 Å². The van der Waals surface area contributed by atoms with E-state index in [9.17, 15) is 0 Å². The first-order chi connectivity index (χ1) is 9.22. The van der Waals surface area contributed by atoms with Gasteiger partial charge in [-0.1, -0.05) is 12.1 Å². The number of nitrogens with one attached hydrogen (secondary N) is 2. The van der Waals surface area contributed by atoms with E-state index in [-0.39, 0.29) is 0 Å². The van der Waals surface area contributed by atoms with E-state index < -0.39 is 0 Å². The maximum atomic E-state index is 4.42. The van der Waals surface area contributed by atoms with Crippen LogP contribution in [0.15, 0.2) is 24.4 Å². The monoisotopic (exact) mass is 255 g/mol. The molecule has 19 heavy (non-hydrogen) atoms. The summed E-state index contributed by atoms with van der Waals surface area (Å²) < 4.78 is 0. The Balaban J connectivity index is 1.80. The Bertz CT molecular complexity index is 592. The molecule has 1 heterocycles. The van der Waals surface area contributed by atoms with E-state index in [2.05, 4.69) is 45.7 Å². The van der Waals surface area contributed by atoms with Gasteiger partial charge in [-0.15, -0.1) is 5.10 Å². The van der Waals surface area contributed by atoms with E-state index >= 15 is 0 Å². The molecule has 1 saturated carbocycles. The third-order valence-electron chi connectivity index (χ3n) is 3.34. The molecule has 1 aromatic heterocycles. The van der Waals surface area contributed by atoms with Crippen molar-refractivity contribution < 1.29 is 0 Å². The molecule has 0 radical (unpaired) electrons. The predicted molar refractivity (Wildman–Crippen MR) is 75.7 cm³/mol. The third kappa shape index (κ3) is 2.81. The number of aryl methyl sites for hydroxylation is 1. The van der Waals surface area contributed by atoms with E-state index in [0.717, 1.165) is 5.69 Å². The van der Waals surface area contributed by atoms with Crippen molar-refractivity contribution in [2.45, 2.75) is 32.7 Å². The summed E-state index contributed by atoms with van der Waals surface area (Å²) in [5, 5.41) is 14.5. The molecule has 1 aliphatic rings. The number of hydrogen-bond acceptors (Lipinski definition) is 5. The number of nitrogens with zero attached hydrogens (tertiary/aromatic N) is 3. The Kier molecular flexibility index (Phi) is 3.03. The molecule has 5 heteroatoms. The van der Waals surface area contributed by atoms with Gasteiger partial charge in [-0.2, -0.15) is 10.1 Å². The minimum Gasteiger partial charge on any atom is -0.350 e. The van der Waals surface area contributed by atoms with Gasteiger partial charge in [0.25, 0.3) is 0 Å². The quantitative estimate of drug-likeness (QED) is 0.879. The highest BCUT2D eigenvalue weighted by atomic mass is 15.3. The fourth-order valence-corrected chi connectivity index (χ4v) is 1.86. The van der Waals surface area contributed by atoms with Crippen molar-refractivity contribution in [2.24, 2.45) is 0 Å². The van der Waals surface area contributed by atoms with Crippen molar-refractivity contribution in [3.05, 3.63) is 35.5 Å². The lowest BCUT2D eigenvalue weighted by molar-refractivity contribution is 0.947. The normalized spacial score (nSPS) is 14.2. The Morgan fingerprint density at radius 2 is 2.05 bits per heavy atom. The molecule has 0 unspecified atom stereocenters. The summed E-state index contributed by atoms with van der Waals surface area (Å²) in [4.78, 5) is 4.42. The first kappa shape index (κ1) is 11.9. The second kappa shape index (κ2) is 4.84. The summed E-state index contributed by atoms with van der Waals surface area (Å²) in [6.45, 7) is 4.19. The van der Waals surface area contributed by atoms with Gasteiger partial charge in [-0.05, 0) is 43.9 Å². The summed E-state index contributed by atoms with van der Waals surface area (Å²) in [7, 11) is 0. The highest BCUT2D eigenvalue weighted by Gasteiger charge is 2.22. The molecule has 1 aliphatic carbocycles. The van der Waals surface area contributed by atoms with Crippen LogP contribution in [-0.4, -0.2) is 21.2 Å². The third-order valence-corrected chi connectivity index (χ3v) is 3.34. The van der Waals surface area contributed by atoms with Gasteiger partial charge in [0, 0.05) is 11.7 Å². The number of anilines is 3. The molecule has 5 nitrogen and oxygen atoms in total. The van der Waals surface area contributed by atoms with Gasteiger partial charge in [0.2, 0.25) is 5.95 Å². The zero-order valence-electron chi connectivity index (χ0n) is 11.1.